The minimum Gasteiger partial charge on any atom is -0.192 e. The third-order valence-electron chi connectivity index (χ3n) is 3.19. The molecular weight excluding hydrogens is 260 g/mol. The molecule has 0 fully saturated rings. The van der Waals surface area contributed by atoms with Crippen LogP contribution in [0.15, 0.2) is 36.4 Å². The quantitative estimate of drug-likeness (QED) is 0.836. The smallest absolute Gasteiger partial charge is 0.0995 e. The van der Waals surface area contributed by atoms with Crippen LogP contribution in [0.1, 0.15) is 33.4 Å². The first-order chi connectivity index (χ1) is 10.2. The summed E-state index contributed by atoms with van der Waals surface area (Å²) < 4.78 is 0. The monoisotopic (exact) mass is 268 g/mol. The van der Waals surface area contributed by atoms with Gasteiger partial charge in [0.25, 0.3) is 0 Å². The molecule has 0 aliphatic carbocycles. The van der Waals surface area contributed by atoms with Gasteiger partial charge < -0.3 is 0 Å². The first-order valence-electron chi connectivity index (χ1n) is 6.09. The van der Waals surface area contributed by atoms with Gasteiger partial charge in [-0.05, 0) is 35.4 Å². The molecule has 2 aromatic rings. The summed E-state index contributed by atoms with van der Waals surface area (Å²) in [6.07, 6.45) is 0.208. The Morgan fingerprint density at radius 3 is 1.10 bits per heavy atom. The fraction of sp³-hybridized carbons (Fsp3) is 0.0588. The lowest BCUT2D eigenvalue weighted by Crippen LogP contribution is -2.01. The fourth-order valence-electron chi connectivity index (χ4n) is 2.15. The predicted octanol–water partition coefficient (Wildman–Crippen LogP) is 2.76. The molecule has 0 spiro atoms. The van der Waals surface area contributed by atoms with Crippen molar-refractivity contribution in [1.29, 1.82) is 21.0 Å². The Bertz CT molecular complexity index is 730. The third-order valence-corrected chi connectivity index (χ3v) is 3.19. The second-order valence-electron chi connectivity index (χ2n) is 4.29. The van der Waals surface area contributed by atoms with E-state index in [1.165, 1.54) is 0 Å². The Morgan fingerprint density at radius 1 is 0.571 bits per heavy atom. The van der Waals surface area contributed by atoms with Crippen LogP contribution in [-0.2, 0) is 6.42 Å². The number of hydrogen-bond acceptors (Lipinski definition) is 4. The van der Waals surface area contributed by atoms with Crippen LogP contribution in [-0.4, -0.2) is 0 Å². The maximum absolute atomic E-state index is 9.18. The van der Waals surface area contributed by atoms with Crippen molar-refractivity contribution in [3.63, 3.8) is 0 Å². The van der Waals surface area contributed by atoms with Gasteiger partial charge in [0.05, 0.1) is 46.5 Å². The lowest BCUT2D eigenvalue weighted by molar-refractivity contribution is 1.14. The molecule has 0 saturated carbocycles. The molecule has 2 rings (SSSR count). The van der Waals surface area contributed by atoms with E-state index >= 15 is 0 Å². The minimum absolute atomic E-state index is 0.208. The largest absolute Gasteiger partial charge is 0.192 e. The minimum atomic E-state index is 0.208. The zero-order chi connectivity index (χ0) is 15.2. The Kier molecular flexibility index (Phi) is 3.97. The topological polar surface area (TPSA) is 95.2 Å². The molecule has 4 heteroatoms. The lowest BCUT2D eigenvalue weighted by Gasteiger charge is -2.09. The number of benzene rings is 2. The Hall–Kier alpha value is -3.60. The molecule has 0 atom stereocenters. The second kappa shape index (κ2) is 6.03. The predicted molar refractivity (Wildman–Crippen MR) is 74.6 cm³/mol. The van der Waals surface area contributed by atoms with Crippen LogP contribution < -0.4 is 0 Å². The van der Waals surface area contributed by atoms with E-state index in [-0.39, 0.29) is 6.42 Å². The van der Waals surface area contributed by atoms with Gasteiger partial charge in [-0.25, -0.2) is 0 Å². The van der Waals surface area contributed by atoms with Crippen molar-refractivity contribution in [3.05, 3.63) is 69.8 Å². The number of nitriles is 4. The lowest BCUT2D eigenvalue weighted by atomic mass is 9.91. The van der Waals surface area contributed by atoms with Crippen molar-refractivity contribution < 1.29 is 0 Å². The highest BCUT2D eigenvalue weighted by molar-refractivity contribution is 5.55. The van der Waals surface area contributed by atoms with Crippen LogP contribution in [0.2, 0.25) is 0 Å². The van der Waals surface area contributed by atoms with Gasteiger partial charge in [0.1, 0.15) is 0 Å². The average molecular weight is 268 g/mol. The SMILES string of the molecule is N#Cc1cccc(C#N)c1Cc1c(C#N)cccc1C#N. The molecule has 0 aliphatic heterocycles. The zero-order valence-electron chi connectivity index (χ0n) is 11.0. The highest BCUT2D eigenvalue weighted by atomic mass is 14.3. The van der Waals surface area contributed by atoms with E-state index in [9.17, 15) is 21.0 Å². The molecule has 0 bridgehead atoms. The summed E-state index contributed by atoms with van der Waals surface area (Å²) in [6.45, 7) is 0. The molecule has 96 valence electrons. The molecule has 0 aromatic heterocycles. The van der Waals surface area contributed by atoms with E-state index in [4.69, 9.17) is 0 Å². The van der Waals surface area contributed by atoms with Gasteiger partial charge in [0.15, 0.2) is 0 Å². The summed E-state index contributed by atoms with van der Waals surface area (Å²) in [5.41, 5.74) is 2.61. The average Bonchev–Trinajstić information content (AvgIpc) is 2.55. The normalized spacial score (nSPS) is 8.95. The van der Waals surface area contributed by atoms with Gasteiger partial charge in [-0.2, -0.15) is 21.0 Å². The maximum Gasteiger partial charge on any atom is 0.0995 e. The molecule has 0 radical (unpaired) electrons. The Balaban J connectivity index is 2.66. The summed E-state index contributed by atoms with van der Waals surface area (Å²) >= 11 is 0. The number of hydrogen-bond donors (Lipinski definition) is 0. The van der Waals surface area contributed by atoms with Gasteiger partial charge in [-0.3, -0.25) is 0 Å². The second-order valence-corrected chi connectivity index (χ2v) is 4.29. The molecule has 0 unspecified atom stereocenters. The van der Waals surface area contributed by atoms with Gasteiger partial charge in [-0.15, -0.1) is 0 Å². The highest BCUT2D eigenvalue weighted by Gasteiger charge is 2.14. The molecule has 2 aromatic carbocycles. The standard InChI is InChI=1S/C17H8N4/c18-8-12-3-1-4-13(9-19)16(12)7-17-14(10-20)5-2-6-15(17)11-21/h1-6H,7H2. The summed E-state index contributed by atoms with van der Waals surface area (Å²) in [6, 6.07) is 18.0. The van der Waals surface area contributed by atoms with Crippen molar-refractivity contribution in [3.8, 4) is 24.3 Å². The zero-order valence-corrected chi connectivity index (χ0v) is 11.0. The fourth-order valence-corrected chi connectivity index (χ4v) is 2.15. The molecule has 4 nitrogen and oxygen atoms in total. The van der Waals surface area contributed by atoms with E-state index in [1.54, 1.807) is 36.4 Å². The molecule has 0 amide bonds. The van der Waals surface area contributed by atoms with E-state index in [0.717, 1.165) is 0 Å². The van der Waals surface area contributed by atoms with Crippen LogP contribution in [0.4, 0.5) is 0 Å². The highest BCUT2D eigenvalue weighted by Crippen LogP contribution is 2.23. The first kappa shape index (κ1) is 13.8. The maximum atomic E-state index is 9.18. The molecular formula is C17H8N4. The van der Waals surface area contributed by atoms with E-state index in [2.05, 4.69) is 0 Å². The number of nitrogens with zero attached hydrogens (tertiary/aromatic N) is 4. The third kappa shape index (κ3) is 2.57. The first-order valence-corrected chi connectivity index (χ1v) is 6.09. The van der Waals surface area contributed by atoms with E-state index in [0.29, 0.717) is 33.4 Å². The van der Waals surface area contributed by atoms with Crippen LogP contribution in [0.25, 0.3) is 0 Å². The summed E-state index contributed by atoms with van der Waals surface area (Å²) in [5.74, 6) is 0. The summed E-state index contributed by atoms with van der Waals surface area (Å²) in [5, 5.41) is 36.7. The summed E-state index contributed by atoms with van der Waals surface area (Å²) in [7, 11) is 0. The van der Waals surface area contributed by atoms with Crippen molar-refractivity contribution in [1.82, 2.24) is 0 Å². The van der Waals surface area contributed by atoms with Crippen molar-refractivity contribution in [2.45, 2.75) is 6.42 Å². The molecule has 0 aliphatic rings. The van der Waals surface area contributed by atoms with Crippen LogP contribution >= 0.6 is 0 Å². The van der Waals surface area contributed by atoms with Gasteiger partial charge in [0, 0.05) is 6.42 Å². The van der Waals surface area contributed by atoms with Crippen molar-refractivity contribution >= 4 is 0 Å². The summed E-state index contributed by atoms with van der Waals surface area (Å²) in [4.78, 5) is 0. The van der Waals surface area contributed by atoms with Crippen LogP contribution in [0, 0.1) is 45.3 Å². The molecule has 0 N–H and O–H groups in total. The van der Waals surface area contributed by atoms with Gasteiger partial charge in [-0.1, -0.05) is 12.1 Å². The van der Waals surface area contributed by atoms with Gasteiger partial charge >= 0.3 is 0 Å². The van der Waals surface area contributed by atoms with Crippen LogP contribution in [0.5, 0.6) is 0 Å². The molecule has 0 heterocycles. The Labute approximate surface area is 122 Å². The van der Waals surface area contributed by atoms with E-state index < -0.39 is 0 Å². The van der Waals surface area contributed by atoms with Gasteiger partial charge in [0.2, 0.25) is 0 Å². The molecule has 21 heavy (non-hydrogen) atoms. The van der Waals surface area contributed by atoms with Crippen molar-refractivity contribution in [2.75, 3.05) is 0 Å². The van der Waals surface area contributed by atoms with E-state index in [1.807, 2.05) is 24.3 Å². The number of rotatable bonds is 2. The molecule has 0 saturated heterocycles. The Morgan fingerprint density at radius 2 is 0.857 bits per heavy atom. The van der Waals surface area contributed by atoms with Crippen LogP contribution in [0.3, 0.4) is 0 Å². The van der Waals surface area contributed by atoms with Crippen molar-refractivity contribution in [2.24, 2.45) is 0 Å².